The standard InChI is InChI=1S/C19H21N5/c1-2-4-16(5-3-1)19-21-20-17-10-11-18(22-24(17)19)23(12-14-6-7-14)13-15-8-9-15/h1-5,10-11,14-15H,6-9,12-13H2. The lowest BCUT2D eigenvalue weighted by molar-refractivity contribution is 0.664. The minimum atomic E-state index is 0.801. The summed E-state index contributed by atoms with van der Waals surface area (Å²) >= 11 is 0. The minimum Gasteiger partial charge on any atom is -0.355 e. The maximum atomic E-state index is 4.89. The second kappa shape index (κ2) is 5.58. The van der Waals surface area contributed by atoms with E-state index in [-0.39, 0.29) is 0 Å². The number of aromatic nitrogens is 4. The van der Waals surface area contributed by atoms with E-state index in [0.717, 1.165) is 47.8 Å². The average molecular weight is 319 g/mol. The van der Waals surface area contributed by atoms with Crippen LogP contribution in [0.25, 0.3) is 17.0 Å². The van der Waals surface area contributed by atoms with Gasteiger partial charge in [0.15, 0.2) is 11.5 Å². The Morgan fingerprint density at radius 1 is 0.875 bits per heavy atom. The maximum Gasteiger partial charge on any atom is 0.185 e. The van der Waals surface area contributed by atoms with Crippen LogP contribution in [-0.4, -0.2) is 32.9 Å². The third-order valence-electron chi connectivity index (χ3n) is 4.96. The average Bonchev–Trinajstić information content (AvgIpc) is 3.55. The molecule has 2 aliphatic carbocycles. The first-order valence-corrected chi connectivity index (χ1v) is 8.89. The van der Waals surface area contributed by atoms with Crippen LogP contribution in [0.4, 0.5) is 5.82 Å². The lowest BCUT2D eigenvalue weighted by Gasteiger charge is -2.23. The molecule has 5 nitrogen and oxygen atoms in total. The minimum absolute atomic E-state index is 0.801. The molecule has 2 aliphatic rings. The second-order valence-corrected chi connectivity index (χ2v) is 7.14. The fourth-order valence-corrected chi connectivity index (χ4v) is 3.20. The van der Waals surface area contributed by atoms with Crippen LogP contribution in [0.1, 0.15) is 25.7 Å². The maximum absolute atomic E-state index is 4.89. The Morgan fingerprint density at radius 2 is 1.58 bits per heavy atom. The van der Waals surface area contributed by atoms with E-state index in [9.17, 15) is 0 Å². The van der Waals surface area contributed by atoms with Gasteiger partial charge in [0.2, 0.25) is 0 Å². The molecule has 0 aliphatic heterocycles. The number of hydrogen-bond acceptors (Lipinski definition) is 4. The number of rotatable bonds is 6. The van der Waals surface area contributed by atoms with Gasteiger partial charge in [-0.2, -0.15) is 4.52 Å². The van der Waals surface area contributed by atoms with E-state index < -0.39 is 0 Å². The molecule has 5 heteroatoms. The normalized spacial score (nSPS) is 17.3. The van der Waals surface area contributed by atoms with Crippen LogP contribution >= 0.6 is 0 Å². The van der Waals surface area contributed by atoms with E-state index in [1.165, 1.54) is 25.7 Å². The molecule has 0 spiro atoms. The van der Waals surface area contributed by atoms with E-state index >= 15 is 0 Å². The Balaban J connectivity index is 1.53. The molecule has 122 valence electrons. The number of anilines is 1. The largest absolute Gasteiger partial charge is 0.355 e. The summed E-state index contributed by atoms with van der Waals surface area (Å²) in [6, 6.07) is 14.3. The first-order chi connectivity index (χ1) is 11.9. The van der Waals surface area contributed by atoms with Gasteiger partial charge in [-0.1, -0.05) is 30.3 Å². The molecule has 24 heavy (non-hydrogen) atoms. The Bertz CT molecular complexity index is 835. The lowest BCUT2D eigenvalue weighted by Crippen LogP contribution is -2.29. The molecule has 2 saturated carbocycles. The van der Waals surface area contributed by atoms with E-state index in [0.29, 0.717) is 0 Å². The topological polar surface area (TPSA) is 46.3 Å². The van der Waals surface area contributed by atoms with Crippen molar-refractivity contribution in [2.45, 2.75) is 25.7 Å². The number of fused-ring (bicyclic) bond motifs is 1. The van der Waals surface area contributed by atoms with Crippen molar-refractivity contribution in [3.05, 3.63) is 42.5 Å². The van der Waals surface area contributed by atoms with Crippen LogP contribution in [0.2, 0.25) is 0 Å². The summed E-state index contributed by atoms with van der Waals surface area (Å²) in [4.78, 5) is 2.48. The fourth-order valence-electron chi connectivity index (χ4n) is 3.20. The molecule has 0 amide bonds. The van der Waals surface area contributed by atoms with Crippen molar-refractivity contribution in [1.29, 1.82) is 0 Å². The molecule has 2 fully saturated rings. The van der Waals surface area contributed by atoms with Gasteiger partial charge in [0.05, 0.1) is 0 Å². The van der Waals surface area contributed by atoms with Crippen molar-refractivity contribution in [2.24, 2.45) is 11.8 Å². The number of nitrogens with zero attached hydrogens (tertiary/aromatic N) is 5. The van der Waals surface area contributed by atoms with E-state index in [1.807, 2.05) is 28.8 Å². The van der Waals surface area contributed by atoms with Crippen molar-refractivity contribution in [3.8, 4) is 11.4 Å². The van der Waals surface area contributed by atoms with Crippen LogP contribution in [0.5, 0.6) is 0 Å². The van der Waals surface area contributed by atoms with Gasteiger partial charge >= 0.3 is 0 Å². The molecular formula is C19H21N5. The Morgan fingerprint density at radius 3 is 2.25 bits per heavy atom. The Labute approximate surface area is 141 Å². The van der Waals surface area contributed by atoms with E-state index in [2.05, 4.69) is 33.3 Å². The van der Waals surface area contributed by atoms with Gasteiger partial charge in [-0.15, -0.1) is 15.3 Å². The van der Waals surface area contributed by atoms with Gasteiger partial charge in [-0.05, 0) is 49.7 Å². The monoisotopic (exact) mass is 319 g/mol. The van der Waals surface area contributed by atoms with Gasteiger partial charge < -0.3 is 4.90 Å². The Hall–Kier alpha value is -2.43. The summed E-state index contributed by atoms with van der Waals surface area (Å²) in [5.41, 5.74) is 1.85. The Kier molecular flexibility index (Phi) is 3.25. The molecule has 5 rings (SSSR count). The predicted octanol–water partition coefficient (Wildman–Crippen LogP) is 3.42. The summed E-state index contributed by atoms with van der Waals surface area (Å²) in [7, 11) is 0. The molecule has 0 N–H and O–H groups in total. The molecule has 0 bridgehead atoms. The van der Waals surface area contributed by atoms with Crippen LogP contribution < -0.4 is 4.90 Å². The smallest absolute Gasteiger partial charge is 0.185 e. The SMILES string of the molecule is c1ccc(-c2nnc3ccc(N(CC4CC4)CC4CC4)nn23)cc1. The van der Waals surface area contributed by atoms with Crippen LogP contribution in [-0.2, 0) is 0 Å². The number of benzene rings is 1. The van der Waals surface area contributed by atoms with Crippen molar-refractivity contribution < 1.29 is 0 Å². The first-order valence-electron chi connectivity index (χ1n) is 8.89. The highest BCUT2D eigenvalue weighted by atomic mass is 15.4. The highest BCUT2D eigenvalue weighted by Gasteiger charge is 2.30. The van der Waals surface area contributed by atoms with Gasteiger partial charge in [-0.25, -0.2) is 0 Å². The fraction of sp³-hybridized carbons (Fsp3) is 0.421. The zero-order chi connectivity index (χ0) is 15.9. The summed E-state index contributed by atoms with van der Waals surface area (Å²) in [5, 5.41) is 13.5. The van der Waals surface area contributed by atoms with E-state index in [1.54, 1.807) is 0 Å². The quantitative estimate of drug-likeness (QED) is 0.698. The third kappa shape index (κ3) is 2.75. The van der Waals surface area contributed by atoms with Gasteiger partial charge in [-0.3, -0.25) is 0 Å². The highest BCUT2D eigenvalue weighted by Crippen LogP contribution is 2.35. The van der Waals surface area contributed by atoms with Gasteiger partial charge in [0.1, 0.15) is 5.82 Å². The van der Waals surface area contributed by atoms with Gasteiger partial charge in [0, 0.05) is 18.7 Å². The van der Waals surface area contributed by atoms with Crippen LogP contribution in [0, 0.1) is 11.8 Å². The van der Waals surface area contributed by atoms with Crippen molar-refractivity contribution in [1.82, 2.24) is 19.8 Å². The number of hydrogen-bond donors (Lipinski definition) is 0. The molecular weight excluding hydrogens is 298 g/mol. The summed E-state index contributed by atoms with van der Waals surface area (Å²) in [6.07, 6.45) is 5.47. The molecule has 0 atom stereocenters. The zero-order valence-corrected chi connectivity index (χ0v) is 13.7. The highest BCUT2D eigenvalue weighted by molar-refractivity contribution is 5.59. The van der Waals surface area contributed by atoms with Gasteiger partial charge in [0.25, 0.3) is 0 Å². The first kappa shape index (κ1) is 14.0. The molecule has 0 saturated heterocycles. The van der Waals surface area contributed by atoms with Crippen LogP contribution in [0.15, 0.2) is 42.5 Å². The molecule has 2 aromatic heterocycles. The molecule has 2 heterocycles. The van der Waals surface area contributed by atoms with Crippen molar-refractivity contribution in [2.75, 3.05) is 18.0 Å². The summed E-state index contributed by atoms with van der Waals surface area (Å²) < 4.78 is 1.89. The molecule has 3 aromatic rings. The lowest BCUT2D eigenvalue weighted by atomic mass is 10.2. The summed E-state index contributed by atoms with van der Waals surface area (Å²) in [5.74, 6) is 3.58. The molecule has 0 unspecified atom stereocenters. The zero-order valence-electron chi connectivity index (χ0n) is 13.7. The van der Waals surface area contributed by atoms with Crippen LogP contribution in [0.3, 0.4) is 0 Å². The van der Waals surface area contributed by atoms with Crippen molar-refractivity contribution in [3.63, 3.8) is 0 Å². The predicted molar refractivity (Wildman–Crippen MR) is 93.9 cm³/mol. The van der Waals surface area contributed by atoms with E-state index in [4.69, 9.17) is 5.10 Å². The van der Waals surface area contributed by atoms with Crippen molar-refractivity contribution >= 4 is 11.5 Å². The molecule has 1 aromatic carbocycles. The molecule has 0 radical (unpaired) electrons. The summed E-state index contributed by atoms with van der Waals surface area (Å²) in [6.45, 7) is 2.27. The second-order valence-electron chi connectivity index (χ2n) is 7.14. The third-order valence-corrected chi connectivity index (χ3v) is 4.96.